The summed E-state index contributed by atoms with van der Waals surface area (Å²) in [5.74, 6) is 3.86. The second-order valence-electron chi connectivity index (χ2n) is 6.95. The predicted octanol–water partition coefficient (Wildman–Crippen LogP) is 2.68. The molecule has 0 amide bonds. The minimum atomic E-state index is 0.493. The first-order valence-electron chi connectivity index (χ1n) is 8.86. The Morgan fingerprint density at radius 1 is 1.17 bits per heavy atom. The van der Waals surface area contributed by atoms with E-state index in [0.717, 1.165) is 44.1 Å². The quantitative estimate of drug-likeness (QED) is 0.871. The Balaban J connectivity index is 1.48. The average Bonchev–Trinajstić information content (AvgIpc) is 3.07. The fourth-order valence-electron chi connectivity index (χ4n) is 3.93. The highest BCUT2D eigenvalue weighted by molar-refractivity contribution is 5.07. The Morgan fingerprint density at radius 3 is 3.00 bits per heavy atom. The molecule has 2 aromatic rings. The Kier molecular flexibility index (Phi) is 4.16. The predicted molar refractivity (Wildman–Crippen MR) is 86.1 cm³/mol. The SMILES string of the molecule is Cc1cc(CN2CCCC(c3nnc4n3CCCCC4)C2)on1. The molecule has 0 aromatic carbocycles. The third kappa shape index (κ3) is 3.17. The molecule has 124 valence electrons. The molecule has 1 atom stereocenters. The van der Waals surface area contributed by atoms with Gasteiger partial charge in [0, 0.05) is 31.5 Å². The number of piperidine rings is 1. The zero-order valence-corrected chi connectivity index (χ0v) is 13.9. The first kappa shape index (κ1) is 14.9. The fraction of sp³-hybridized carbons (Fsp3) is 0.706. The maximum absolute atomic E-state index is 5.38. The van der Waals surface area contributed by atoms with Crippen molar-refractivity contribution in [3.8, 4) is 0 Å². The molecular formula is C17H25N5O. The van der Waals surface area contributed by atoms with E-state index in [-0.39, 0.29) is 0 Å². The van der Waals surface area contributed by atoms with Crippen LogP contribution in [-0.2, 0) is 19.5 Å². The van der Waals surface area contributed by atoms with E-state index in [9.17, 15) is 0 Å². The largest absolute Gasteiger partial charge is 0.360 e. The molecule has 1 unspecified atom stereocenters. The van der Waals surface area contributed by atoms with Gasteiger partial charge in [-0.25, -0.2) is 0 Å². The molecule has 0 aliphatic carbocycles. The third-order valence-electron chi connectivity index (χ3n) is 5.06. The Hall–Kier alpha value is -1.69. The topological polar surface area (TPSA) is 60.0 Å². The summed E-state index contributed by atoms with van der Waals surface area (Å²) in [6.45, 7) is 6.07. The van der Waals surface area contributed by atoms with Gasteiger partial charge in [0.15, 0.2) is 5.76 Å². The smallest absolute Gasteiger partial charge is 0.150 e. The van der Waals surface area contributed by atoms with Crippen LogP contribution in [-0.4, -0.2) is 37.9 Å². The van der Waals surface area contributed by atoms with E-state index >= 15 is 0 Å². The van der Waals surface area contributed by atoms with Crippen LogP contribution in [0.1, 0.15) is 61.1 Å². The van der Waals surface area contributed by atoms with Crippen molar-refractivity contribution in [1.29, 1.82) is 0 Å². The maximum Gasteiger partial charge on any atom is 0.150 e. The fourth-order valence-corrected chi connectivity index (χ4v) is 3.93. The van der Waals surface area contributed by atoms with Gasteiger partial charge in [-0.3, -0.25) is 4.90 Å². The first-order valence-corrected chi connectivity index (χ1v) is 8.86. The van der Waals surface area contributed by atoms with Gasteiger partial charge in [-0.2, -0.15) is 0 Å². The lowest BCUT2D eigenvalue weighted by Gasteiger charge is -2.31. The number of aryl methyl sites for hydroxylation is 2. The van der Waals surface area contributed by atoms with Crippen molar-refractivity contribution >= 4 is 0 Å². The molecule has 1 saturated heterocycles. The highest BCUT2D eigenvalue weighted by Crippen LogP contribution is 2.28. The molecule has 0 N–H and O–H groups in total. The molecule has 6 nitrogen and oxygen atoms in total. The first-order chi connectivity index (χ1) is 11.3. The summed E-state index contributed by atoms with van der Waals surface area (Å²) in [5, 5.41) is 13.0. The minimum Gasteiger partial charge on any atom is -0.360 e. The summed E-state index contributed by atoms with van der Waals surface area (Å²) in [6, 6.07) is 2.03. The molecule has 0 radical (unpaired) electrons. The van der Waals surface area contributed by atoms with E-state index in [4.69, 9.17) is 4.52 Å². The second-order valence-corrected chi connectivity index (χ2v) is 6.95. The minimum absolute atomic E-state index is 0.493. The molecule has 1 fully saturated rings. The van der Waals surface area contributed by atoms with Gasteiger partial charge < -0.3 is 9.09 Å². The third-order valence-corrected chi connectivity index (χ3v) is 5.06. The van der Waals surface area contributed by atoms with Crippen molar-refractivity contribution in [2.24, 2.45) is 0 Å². The Labute approximate surface area is 136 Å². The molecule has 4 rings (SSSR count). The van der Waals surface area contributed by atoms with Crippen LogP contribution < -0.4 is 0 Å². The van der Waals surface area contributed by atoms with Gasteiger partial charge in [-0.1, -0.05) is 11.6 Å². The molecule has 2 aliphatic rings. The summed E-state index contributed by atoms with van der Waals surface area (Å²) < 4.78 is 7.78. The number of rotatable bonds is 3. The van der Waals surface area contributed by atoms with E-state index in [1.54, 1.807) is 0 Å². The van der Waals surface area contributed by atoms with Crippen LogP contribution in [0.15, 0.2) is 10.6 Å². The highest BCUT2D eigenvalue weighted by atomic mass is 16.5. The van der Waals surface area contributed by atoms with E-state index < -0.39 is 0 Å². The number of fused-ring (bicyclic) bond motifs is 1. The van der Waals surface area contributed by atoms with Crippen molar-refractivity contribution in [3.05, 3.63) is 29.2 Å². The number of hydrogen-bond acceptors (Lipinski definition) is 5. The van der Waals surface area contributed by atoms with Gasteiger partial charge in [0.2, 0.25) is 0 Å². The zero-order valence-electron chi connectivity index (χ0n) is 13.9. The normalized spacial score (nSPS) is 22.7. The van der Waals surface area contributed by atoms with Crippen molar-refractivity contribution in [1.82, 2.24) is 24.8 Å². The van der Waals surface area contributed by atoms with Gasteiger partial charge in [0.25, 0.3) is 0 Å². The van der Waals surface area contributed by atoms with Gasteiger partial charge in [0.1, 0.15) is 11.6 Å². The summed E-state index contributed by atoms with van der Waals surface area (Å²) in [4.78, 5) is 2.46. The maximum atomic E-state index is 5.38. The molecule has 6 heteroatoms. The van der Waals surface area contributed by atoms with Crippen LogP contribution in [0, 0.1) is 6.92 Å². The Morgan fingerprint density at radius 2 is 2.13 bits per heavy atom. The molecule has 0 saturated carbocycles. The lowest BCUT2D eigenvalue weighted by Crippen LogP contribution is -2.35. The molecule has 0 bridgehead atoms. The molecular weight excluding hydrogens is 290 g/mol. The Bertz CT molecular complexity index is 662. The van der Waals surface area contributed by atoms with Gasteiger partial charge in [0.05, 0.1) is 12.2 Å². The van der Waals surface area contributed by atoms with Crippen LogP contribution in [0.2, 0.25) is 0 Å². The lowest BCUT2D eigenvalue weighted by molar-refractivity contribution is 0.175. The van der Waals surface area contributed by atoms with E-state index in [0.29, 0.717) is 5.92 Å². The van der Waals surface area contributed by atoms with Crippen molar-refractivity contribution < 1.29 is 4.52 Å². The summed E-state index contributed by atoms with van der Waals surface area (Å²) in [5.41, 5.74) is 0.955. The zero-order chi connectivity index (χ0) is 15.6. The molecule has 2 aliphatic heterocycles. The van der Waals surface area contributed by atoms with Crippen molar-refractivity contribution in [2.75, 3.05) is 13.1 Å². The van der Waals surface area contributed by atoms with E-state index in [1.165, 1.54) is 43.8 Å². The number of likely N-dealkylation sites (tertiary alicyclic amines) is 1. The summed E-state index contributed by atoms with van der Waals surface area (Å²) >= 11 is 0. The van der Waals surface area contributed by atoms with Gasteiger partial charge in [-0.15, -0.1) is 10.2 Å². The van der Waals surface area contributed by atoms with Crippen molar-refractivity contribution in [2.45, 2.75) is 64.5 Å². The second kappa shape index (κ2) is 6.43. The van der Waals surface area contributed by atoms with Crippen molar-refractivity contribution in [3.63, 3.8) is 0 Å². The number of hydrogen-bond donors (Lipinski definition) is 0. The highest BCUT2D eigenvalue weighted by Gasteiger charge is 2.27. The standard InChI is InChI=1S/C17H25N5O/c1-13-10-15(23-20-13)12-21-8-5-6-14(11-21)17-19-18-16-7-3-2-4-9-22(16)17/h10,14H,2-9,11-12H2,1H3. The van der Waals surface area contributed by atoms with E-state index in [1.807, 2.05) is 13.0 Å². The van der Waals surface area contributed by atoms with Crippen LogP contribution in [0.25, 0.3) is 0 Å². The van der Waals surface area contributed by atoms with Crippen LogP contribution in [0.5, 0.6) is 0 Å². The van der Waals surface area contributed by atoms with Gasteiger partial charge in [-0.05, 0) is 39.2 Å². The lowest BCUT2D eigenvalue weighted by atomic mass is 9.97. The molecule has 23 heavy (non-hydrogen) atoms. The number of aromatic nitrogens is 4. The van der Waals surface area contributed by atoms with Crippen LogP contribution in [0.4, 0.5) is 0 Å². The molecule has 4 heterocycles. The molecule has 0 spiro atoms. The number of nitrogens with zero attached hydrogens (tertiary/aromatic N) is 5. The average molecular weight is 315 g/mol. The molecule has 2 aromatic heterocycles. The van der Waals surface area contributed by atoms with E-state index in [2.05, 4.69) is 24.8 Å². The van der Waals surface area contributed by atoms with Crippen LogP contribution >= 0.6 is 0 Å². The van der Waals surface area contributed by atoms with Crippen LogP contribution in [0.3, 0.4) is 0 Å². The summed E-state index contributed by atoms with van der Waals surface area (Å²) in [6.07, 6.45) is 7.32. The summed E-state index contributed by atoms with van der Waals surface area (Å²) in [7, 11) is 0. The monoisotopic (exact) mass is 315 g/mol. The van der Waals surface area contributed by atoms with Gasteiger partial charge >= 0.3 is 0 Å².